The van der Waals surface area contributed by atoms with Gasteiger partial charge in [-0.1, -0.05) is 0 Å². The second-order valence-electron chi connectivity index (χ2n) is 5.54. The number of benzene rings is 1. The first-order valence-electron chi connectivity index (χ1n) is 7.15. The molecule has 0 spiro atoms. The van der Waals surface area contributed by atoms with Crippen molar-refractivity contribution in [3.8, 4) is 0 Å². The smallest absolute Gasteiger partial charge is 0.276 e. The minimum absolute atomic E-state index is 0.316. The van der Waals surface area contributed by atoms with Crippen LogP contribution in [0.2, 0.25) is 0 Å². The highest BCUT2D eigenvalue weighted by Gasteiger charge is 2.36. The minimum Gasteiger partial charge on any atom is -0.364 e. The SMILES string of the molecule is CC(c1cc([N+](=O)[O-])cc([N+](=O)[O-])c1)(c1ccc[nH]1)c1ccc[nH]1. The van der Waals surface area contributed by atoms with Crippen LogP contribution in [0.3, 0.4) is 0 Å². The van der Waals surface area contributed by atoms with E-state index in [1.54, 1.807) is 12.4 Å². The fraction of sp³-hybridized carbons (Fsp3) is 0.125. The zero-order valence-electron chi connectivity index (χ0n) is 12.7. The molecule has 0 atom stereocenters. The Bertz CT molecular complexity index is 818. The second-order valence-corrected chi connectivity index (χ2v) is 5.54. The predicted molar refractivity (Wildman–Crippen MR) is 86.9 cm³/mol. The first-order chi connectivity index (χ1) is 11.4. The zero-order valence-corrected chi connectivity index (χ0v) is 12.7. The maximum absolute atomic E-state index is 11.2. The normalized spacial score (nSPS) is 11.4. The van der Waals surface area contributed by atoms with Crippen LogP contribution in [0.15, 0.2) is 54.9 Å². The van der Waals surface area contributed by atoms with Crippen molar-refractivity contribution >= 4 is 11.4 Å². The molecule has 0 saturated heterocycles. The van der Waals surface area contributed by atoms with Gasteiger partial charge >= 0.3 is 0 Å². The fourth-order valence-electron chi connectivity index (χ4n) is 2.83. The summed E-state index contributed by atoms with van der Waals surface area (Å²) in [5, 5.41) is 22.4. The first-order valence-corrected chi connectivity index (χ1v) is 7.15. The van der Waals surface area contributed by atoms with Crippen LogP contribution in [0.1, 0.15) is 23.9 Å². The molecule has 2 aromatic heterocycles. The molecule has 0 saturated carbocycles. The average molecular weight is 326 g/mol. The van der Waals surface area contributed by atoms with Gasteiger partial charge in [-0.3, -0.25) is 20.2 Å². The van der Waals surface area contributed by atoms with E-state index in [1.165, 1.54) is 12.1 Å². The maximum atomic E-state index is 11.2. The molecule has 0 bridgehead atoms. The van der Waals surface area contributed by atoms with Gasteiger partial charge in [-0.2, -0.15) is 0 Å². The van der Waals surface area contributed by atoms with E-state index in [1.807, 2.05) is 31.2 Å². The molecule has 3 rings (SSSR count). The number of rotatable bonds is 5. The fourth-order valence-corrected chi connectivity index (χ4v) is 2.83. The molecule has 3 aromatic rings. The van der Waals surface area contributed by atoms with Gasteiger partial charge in [0.1, 0.15) is 0 Å². The number of nitro groups is 2. The molecule has 0 aliphatic heterocycles. The molecular formula is C16H14N4O4. The Morgan fingerprint density at radius 2 is 1.33 bits per heavy atom. The van der Waals surface area contributed by atoms with Crippen LogP contribution in [0.4, 0.5) is 11.4 Å². The van der Waals surface area contributed by atoms with Crippen molar-refractivity contribution in [1.82, 2.24) is 9.97 Å². The molecular weight excluding hydrogens is 312 g/mol. The third-order valence-corrected chi connectivity index (χ3v) is 4.17. The summed E-state index contributed by atoms with van der Waals surface area (Å²) < 4.78 is 0. The number of nitrogens with one attached hydrogen (secondary N) is 2. The number of nitrogens with zero attached hydrogens (tertiary/aromatic N) is 2. The van der Waals surface area contributed by atoms with E-state index in [-0.39, 0.29) is 11.4 Å². The summed E-state index contributed by atoms with van der Waals surface area (Å²) in [7, 11) is 0. The van der Waals surface area contributed by atoms with Crippen LogP contribution in [0, 0.1) is 20.2 Å². The molecule has 0 radical (unpaired) electrons. The number of aromatic nitrogens is 2. The lowest BCUT2D eigenvalue weighted by Crippen LogP contribution is -2.26. The first kappa shape index (κ1) is 15.5. The minimum atomic E-state index is -0.830. The van der Waals surface area contributed by atoms with E-state index < -0.39 is 15.3 Å². The van der Waals surface area contributed by atoms with Gasteiger partial charge in [0.25, 0.3) is 11.4 Å². The van der Waals surface area contributed by atoms with Crippen LogP contribution >= 0.6 is 0 Å². The number of hydrogen-bond donors (Lipinski definition) is 2. The van der Waals surface area contributed by atoms with E-state index in [9.17, 15) is 20.2 Å². The van der Waals surface area contributed by atoms with Gasteiger partial charge in [0.2, 0.25) is 0 Å². The molecule has 0 aliphatic carbocycles. The van der Waals surface area contributed by atoms with Crippen LogP contribution in [-0.4, -0.2) is 19.8 Å². The number of H-pyrrole nitrogens is 2. The predicted octanol–water partition coefficient (Wildman–Crippen LogP) is 3.51. The van der Waals surface area contributed by atoms with E-state index in [2.05, 4.69) is 9.97 Å². The molecule has 2 heterocycles. The highest BCUT2D eigenvalue weighted by molar-refractivity contribution is 5.54. The van der Waals surface area contributed by atoms with Gasteiger partial charge in [0, 0.05) is 35.9 Å². The third kappa shape index (κ3) is 2.43. The zero-order chi connectivity index (χ0) is 17.3. The lowest BCUT2D eigenvalue weighted by molar-refractivity contribution is -0.394. The Hall–Kier alpha value is -3.42. The Morgan fingerprint density at radius 1 is 0.875 bits per heavy atom. The summed E-state index contributed by atoms with van der Waals surface area (Å²) in [6, 6.07) is 11.0. The van der Waals surface area contributed by atoms with E-state index in [4.69, 9.17) is 0 Å². The van der Waals surface area contributed by atoms with Gasteiger partial charge in [-0.25, -0.2) is 0 Å². The Balaban J connectivity index is 2.30. The number of hydrogen-bond acceptors (Lipinski definition) is 4. The van der Waals surface area contributed by atoms with Gasteiger partial charge in [0.05, 0.1) is 21.3 Å². The van der Waals surface area contributed by atoms with Crippen molar-refractivity contribution < 1.29 is 9.85 Å². The molecule has 8 nitrogen and oxygen atoms in total. The largest absolute Gasteiger partial charge is 0.364 e. The molecule has 0 fully saturated rings. The number of aromatic amines is 2. The highest BCUT2D eigenvalue weighted by Crippen LogP contribution is 2.40. The van der Waals surface area contributed by atoms with E-state index in [0.717, 1.165) is 17.5 Å². The summed E-state index contributed by atoms with van der Waals surface area (Å²) in [5.41, 5.74) is 0.518. The van der Waals surface area contributed by atoms with Crippen LogP contribution in [-0.2, 0) is 5.41 Å². The summed E-state index contributed by atoms with van der Waals surface area (Å²) >= 11 is 0. The van der Waals surface area contributed by atoms with Gasteiger partial charge < -0.3 is 9.97 Å². The molecule has 0 amide bonds. The Kier molecular flexibility index (Phi) is 3.64. The topological polar surface area (TPSA) is 118 Å². The maximum Gasteiger partial charge on any atom is 0.276 e. The quantitative estimate of drug-likeness (QED) is 0.551. The molecule has 0 aliphatic rings. The van der Waals surface area contributed by atoms with Crippen LogP contribution in [0.5, 0.6) is 0 Å². The average Bonchev–Trinajstić information content (AvgIpc) is 3.27. The number of nitro benzene ring substituents is 2. The third-order valence-electron chi connectivity index (χ3n) is 4.17. The van der Waals surface area contributed by atoms with Gasteiger partial charge in [-0.15, -0.1) is 0 Å². The Labute approximate surface area is 136 Å². The molecule has 1 aromatic carbocycles. The van der Waals surface area contributed by atoms with Crippen molar-refractivity contribution in [1.29, 1.82) is 0 Å². The van der Waals surface area contributed by atoms with Gasteiger partial charge in [-0.05, 0) is 36.8 Å². The molecule has 8 heteroatoms. The van der Waals surface area contributed by atoms with Crippen LogP contribution in [0.25, 0.3) is 0 Å². The summed E-state index contributed by atoms with van der Waals surface area (Å²) in [4.78, 5) is 27.3. The Morgan fingerprint density at radius 3 is 1.67 bits per heavy atom. The molecule has 2 N–H and O–H groups in total. The number of non-ortho nitro benzene ring substituents is 2. The van der Waals surface area contributed by atoms with Crippen molar-refractivity contribution in [3.05, 3.63) is 92.0 Å². The van der Waals surface area contributed by atoms with E-state index in [0.29, 0.717) is 5.56 Å². The molecule has 24 heavy (non-hydrogen) atoms. The monoisotopic (exact) mass is 326 g/mol. The van der Waals surface area contributed by atoms with Crippen molar-refractivity contribution in [2.45, 2.75) is 12.3 Å². The second kappa shape index (κ2) is 5.65. The summed E-state index contributed by atoms with van der Waals surface area (Å²) in [6.07, 6.45) is 3.48. The lowest BCUT2D eigenvalue weighted by Gasteiger charge is -2.28. The standard InChI is InChI=1S/C16H14N4O4/c1-16(14-4-2-6-17-14,15-5-3-7-18-15)11-8-12(19(21)22)10-13(9-11)20(23)24/h2-10,17-18H,1H3. The van der Waals surface area contributed by atoms with Crippen molar-refractivity contribution in [2.24, 2.45) is 0 Å². The van der Waals surface area contributed by atoms with Crippen LogP contribution < -0.4 is 0 Å². The van der Waals surface area contributed by atoms with E-state index >= 15 is 0 Å². The highest BCUT2D eigenvalue weighted by atomic mass is 16.6. The van der Waals surface area contributed by atoms with Gasteiger partial charge in [0.15, 0.2) is 0 Å². The molecule has 122 valence electrons. The summed E-state index contributed by atoms with van der Waals surface area (Å²) in [6.45, 7) is 1.85. The van der Waals surface area contributed by atoms with Crippen molar-refractivity contribution in [2.75, 3.05) is 0 Å². The lowest BCUT2D eigenvalue weighted by atomic mass is 9.76. The summed E-state index contributed by atoms with van der Waals surface area (Å²) in [5.74, 6) is 0. The molecule has 0 unspecified atom stereocenters. The van der Waals surface area contributed by atoms with Crippen molar-refractivity contribution in [3.63, 3.8) is 0 Å².